The van der Waals surface area contributed by atoms with Crippen LogP contribution in [0.15, 0.2) is 0 Å². The van der Waals surface area contributed by atoms with E-state index in [1.807, 2.05) is 0 Å². The summed E-state index contributed by atoms with van der Waals surface area (Å²) < 4.78 is 0. The lowest BCUT2D eigenvalue weighted by Crippen LogP contribution is -2.47. The zero-order chi connectivity index (χ0) is 8.10. The van der Waals surface area contributed by atoms with Crippen LogP contribution in [0.5, 0.6) is 0 Å². The van der Waals surface area contributed by atoms with Crippen molar-refractivity contribution in [3.05, 3.63) is 0 Å². The van der Waals surface area contributed by atoms with Crippen molar-refractivity contribution < 1.29 is 0 Å². The highest BCUT2D eigenvalue weighted by atomic mass is 15.2. The number of nitrogens with zero attached hydrogens (tertiary/aromatic N) is 1. The molecule has 2 rings (SSSR count). The van der Waals surface area contributed by atoms with Crippen LogP contribution in [0.1, 0.15) is 12.8 Å². The fourth-order valence-corrected chi connectivity index (χ4v) is 1.91. The predicted octanol–water partition coefficient (Wildman–Crippen LogP) is -0.371. The lowest BCUT2D eigenvalue weighted by molar-refractivity contribution is 0.212. The first-order valence-electron chi connectivity index (χ1n) is 4.49. The zero-order valence-corrected chi connectivity index (χ0v) is 7.34. The maximum atomic E-state index is 4.50. The van der Waals surface area contributed by atoms with Crippen LogP contribution >= 0.6 is 0 Å². The second-order valence-electron chi connectivity index (χ2n) is 3.04. The minimum Gasteiger partial charge on any atom is -0.333 e. The topological polar surface area (TPSA) is 41.3 Å². The molecular weight excluding hydrogens is 138 g/mol. The predicted molar refractivity (Wildman–Crippen MR) is 47.6 cm³/mol. The van der Waals surface area contributed by atoms with Gasteiger partial charge in [-0.05, 0) is 26.4 Å². The molecular formula is C8H19N3. The van der Waals surface area contributed by atoms with E-state index in [1.54, 1.807) is 0 Å². The first-order chi connectivity index (χ1) is 5.47. The van der Waals surface area contributed by atoms with Crippen LogP contribution in [0.3, 0.4) is 0 Å². The molecule has 2 fully saturated rings. The van der Waals surface area contributed by atoms with E-state index in [-0.39, 0.29) is 0 Å². The summed E-state index contributed by atoms with van der Waals surface area (Å²) in [6, 6.07) is 0.888. The summed E-state index contributed by atoms with van der Waals surface area (Å²) in [4.78, 5) is 2.61. The molecule has 3 N–H and O–H groups in total. The molecule has 2 aliphatic heterocycles. The van der Waals surface area contributed by atoms with Gasteiger partial charge in [0.25, 0.3) is 0 Å². The van der Waals surface area contributed by atoms with Gasteiger partial charge < -0.3 is 11.1 Å². The van der Waals surface area contributed by atoms with Crippen LogP contribution in [-0.2, 0) is 0 Å². The maximum absolute atomic E-state index is 4.50. The van der Waals surface area contributed by atoms with Gasteiger partial charge in [-0.3, -0.25) is 4.90 Å². The van der Waals surface area contributed by atoms with Gasteiger partial charge in [0.15, 0.2) is 0 Å². The summed E-state index contributed by atoms with van der Waals surface area (Å²) in [7, 11) is 1.50. The van der Waals surface area contributed by atoms with Crippen molar-refractivity contribution in [1.82, 2.24) is 10.2 Å². The van der Waals surface area contributed by atoms with Crippen molar-refractivity contribution in [2.75, 3.05) is 33.2 Å². The molecule has 1 atom stereocenters. The first-order valence-corrected chi connectivity index (χ1v) is 4.49. The van der Waals surface area contributed by atoms with Gasteiger partial charge in [-0.2, -0.15) is 0 Å². The summed E-state index contributed by atoms with van der Waals surface area (Å²) >= 11 is 0. The third-order valence-corrected chi connectivity index (χ3v) is 2.45. The summed E-state index contributed by atoms with van der Waals surface area (Å²) in [6.45, 7) is 5.08. The monoisotopic (exact) mass is 157 g/mol. The molecule has 2 heterocycles. The van der Waals surface area contributed by atoms with Crippen molar-refractivity contribution in [2.24, 2.45) is 5.73 Å². The Kier molecular flexibility index (Phi) is 3.83. The quantitative estimate of drug-likeness (QED) is 0.504. The van der Waals surface area contributed by atoms with Crippen LogP contribution in [0.2, 0.25) is 0 Å². The van der Waals surface area contributed by atoms with Gasteiger partial charge in [-0.15, -0.1) is 0 Å². The Hall–Kier alpha value is -0.120. The first kappa shape index (κ1) is 8.97. The second kappa shape index (κ2) is 4.70. The van der Waals surface area contributed by atoms with Gasteiger partial charge in [-0.1, -0.05) is 0 Å². The average molecular weight is 157 g/mol. The van der Waals surface area contributed by atoms with E-state index in [1.165, 1.54) is 46.1 Å². The number of rotatable bonds is 0. The lowest BCUT2D eigenvalue weighted by atomic mass is 10.2. The SMILES string of the molecule is C1CC2CNCCN2C1.CN. The largest absolute Gasteiger partial charge is 0.333 e. The van der Waals surface area contributed by atoms with E-state index in [9.17, 15) is 0 Å². The number of hydrogen-bond acceptors (Lipinski definition) is 3. The van der Waals surface area contributed by atoms with E-state index < -0.39 is 0 Å². The molecule has 0 radical (unpaired) electrons. The van der Waals surface area contributed by atoms with E-state index in [0.29, 0.717) is 0 Å². The highest BCUT2D eigenvalue weighted by Gasteiger charge is 2.25. The minimum atomic E-state index is 0.888. The van der Waals surface area contributed by atoms with Crippen LogP contribution < -0.4 is 11.1 Å². The highest BCUT2D eigenvalue weighted by Crippen LogP contribution is 2.17. The molecule has 0 spiro atoms. The summed E-state index contributed by atoms with van der Waals surface area (Å²) in [5.41, 5.74) is 4.50. The molecule has 0 bridgehead atoms. The van der Waals surface area contributed by atoms with E-state index >= 15 is 0 Å². The van der Waals surface area contributed by atoms with Gasteiger partial charge in [0.2, 0.25) is 0 Å². The number of piperazine rings is 1. The Morgan fingerprint density at radius 3 is 2.91 bits per heavy atom. The van der Waals surface area contributed by atoms with E-state index in [4.69, 9.17) is 0 Å². The Bertz CT molecular complexity index is 93.5. The number of fused-ring (bicyclic) bond motifs is 1. The average Bonchev–Trinajstić information content (AvgIpc) is 2.55. The van der Waals surface area contributed by atoms with Crippen LogP contribution in [0.25, 0.3) is 0 Å². The molecule has 0 aromatic rings. The van der Waals surface area contributed by atoms with Crippen molar-refractivity contribution >= 4 is 0 Å². The maximum Gasteiger partial charge on any atom is 0.0221 e. The molecule has 0 aliphatic carbocycles. The van der Waals surface area contributed by atoms with E-state index in [2.05, 4.69) is 16.0 Å². The molecule has 3 heteroatoms. The molecule has 11 heavy (non-hydrogen) atoms. The third-order valence-electron chi connectivity index (χ3n) is 2.45. The fourth-order valence-electron chi connectivity index (χ4n) is 1.91. The second-order valence-corrected chi connectivity index (χ2v) is 3.04. The number of nitrogens with one attached hydrogen (secondary N) is 1. The van der Waals surface area contributed by atoms with Gasteiger partial charge in [0.05, 0.1) is 0 Å². The van der Waals surface area contributed by atoms with Crippen molar-refractivity contribution in [3.8, 4) is 0 Å². The molecule has 2 aliphatic rings. The number of nitrogens with two attached hydrogens (primary N) is 1. The summed E-state index contributed by atoms with van der Waals surface area (Å²) in [5, 5.41) is 3.41. The molecule has 0 saturated carbocycles. The van der Waals surface area contributed by atoms with Crippen LogP contribution in [0.4, 0.5) is 0 Å². The molecule has 0 amide bonds. The van der Waals surface area contributed by atoms with Gasteiger partial charge in [0.1, 0.15) is 0 Å². The Morgan fingerprint density at radius 1 is 1.36 bits per heavy atom. The van der Waals surface area contributed by atoms with Crippen LogP contribution in [-0.4, -0.2) is 44.2 Å². The zero-order valence-electron chi connectivity index (χ0n) is 7.34. The minimum absolute atomic E-state index is 0.888. The molecule has 3 nitrogen and oxygen atoms in total. The molecule has 66 valence electrons. The standard InChI is InChI=1S/C7H14N2.CH5N/c1-2-7-6-8-3-5-9(7)4-1;1-2/h7-8H,1-6H2;2H2,1H3. The molecule has 0 aromatic carbocycles. The van der Waals surface area contributed by atoms with Crippen LogP contribution in [0, 0.1) is 0 Å². The number of hydrogen-bond donors (Lipinski definition) is 2. The van der Waals surface area contributed by atoms with E-state index in [0.717, 1.165) is 6.04 Å². The molecule has 2 saturated heterocycles. The van der Waals surface area contributed by atoms with Crippen molar-refractivity contribution in [1.29, 1.82) is 0 Å². The Balaban J connectivity index is 0.000000281. The third kappa shape index (κ3) is 2.15. The fraction of sp³-hybridized carbons (Fsp3) is 1.00. The lowest BCUT2D eigenvalue weighted by Gasteiger charge is -2.29. The normalized spacial score (nSPS) is 30.5. The van der Waals surface area contributed by atoms with Crippen molar-refractivity contribution in [2.45, 2.75) is 18.9 Å². The molecule has 1 unspecified atom stereocenters. The Labute approximate surface area is 68.9 Å². The van der Waals surface area contributed by atoms with Gasteiger partial charge in [-0.25, -0.2) is 0 Å². The molecule has 0 aromatic heterocycles. The summed E-state index contributed by atoms with van der Waals surface area (Å²) in [6.07, 6.45) is 2.85. The smallest absolute Gasteiger partial charge is 0.0221 e. The highest BCUT2D eigenvalue weighted by molar-refractivity contribution is 4.84. The van der Waals surface area contributed by atoms with Gasteiger partial charge >= 0.3 is 0 Å². The van der Waals surface area contributed by atoms with Crippen molar-refractivity contribution in [3.63, 3.8) is 0 Å². The summed E-state index contributed by atoms with van der Waals surface area (Å²) in [5.74, 6) is 0. The van der Waals surface area contributed by atoms with Gasteiger partial charge in [0, 0.05) is 25.7 Å². The Morgan fingerprint density at radius 2 is 2.18 bits per heavy atom.